The maximum atomic E-state index is 14.1. The number of rotatable bonds is 18. The largest absolute Gasteiger partial charge is 0.478 e. The Kier molecular flexibility index (Phi) is 20.4. The summed E-state index contributed by atoms with van der Waals surface area (Å²) in [6, 6.07) is 34.2. The Morgan fingerprint density at radius 3 is 1.38 bits per heavy atom. The molecule has 0 aliphatic carbocycles. The first-order chi connectivity index (χ1) is 48.4. The molecule has 14 rings (SSSR count). The highest BCUT2D eigenvalue weighted by atomic mass is 79.9. The highest BCUT2D eigenvalue weighted by molar-refractivity contribution is 9.10. The summed E-state index contributed by atoms with van der Waals surface area (Å²) in [5, 5.41) is 30.8. The second-order valence-electron chi connectivity index (χ2n) is 23.6. The smallest absolute Gasteiger partial charge is 0.338 e. The van der Waals surface area contributed by atoms with E-state index in [1.54, 1.807) is 95.0 Å². The van der Waals surface area contributed by atoms with E-state index in [9.17, 15) is 33.2 Å². The third kappa shape index (κ3) is 14.8. The van der Waals surface area contributed by atoms with Crippen molar-refractivity contribution in [1.82, 2.24) is 40.2 Å². The molecule has 0 radical (unpaired) electrons. The van der Waals surface area contributed by atoms with Gasteiger partial charge in [0, 0.05) is 131 Å². The number of aromatic carboxylic acids is 2. The Balaban J connectivity index is 0.000000179. The molecule has 4 fully saturated rings. The van der Waals surface area contributed by atoms with Crippen molar-refractivity contribution in [3.8, 4) is 23.0 Å². The second kappa shape index (κ2) is 29.8. The number of thiazole rings is 2. The van der Waals surface area contributed by atoms with Crippen molar-refractivity contribution < 1.29 is 62.3 Å². The average molecular weight is 1500 g/mol. The predicted octanol–water partition coefficient (Wildman–Crippen LogP) is 11.8. The number of carboxylic acid groups (broad SMARTS) is 2. The zero-order valence-corrected chi connectivity index (χ0v) is 57.9. The highest BCUT2D eigenvalue weighted by Gasteiger charge is 2.45. The van der Waals surface area contributed by atoms with Crippen LogP contribution < -0.4 is 29.9 Å². The lowest BCUT2D eigenvalue weighted by Crippen LogP contribution is -2.53. The Bertz CT molecular complexity index is 4300. The lowest BCUT2D eigenvalue weighted by atomic mass is 9.95. The molecule has 8 heterocycles. The van der Waals surface area contributed by atoms with E-state index in [2.05, 4.69) is 46.3 Å². The molecule has 0 saturated carbocycles. The molecule has 6 aliphatic rings. The maximum absolute atomic E-state index is 14.1. The quantitative estimate of drug-likeness (QED) is 0.0581. The number of carboxylic acids is 2. The van der Waals surface area contributed by atoms with Crippen LogP contribution in [0, 0.1) is 5.82 Å². The summed E-state index contributed by atoms with van der Waals surface area (Å²) in [7, 11) is 2.65. The fraction of sp³-hybridized carbons (Fsp3) is 0.229. The van der Waals surface area contributed by atoms with Crippen LogP contribution in [0.15, 0.2) is 194 Å². The van der Waals surface area contributed by atoms with Crippen molar-refractivity contribution in [1.29, 1.82) is 0 Å². The van der Waals surface area contributed by atoms with Gasteiger partial charge in [0.05, 0.1) is 48.6 Å². The summed E-state index contributed by atoms with van der Waals surface area (Å²) < 4.78 is 36.8. The standard InChI is InChI=1S/C35H30BrFN6O6S.C35H30Cl2N6O6S/c1-48-34(46)29-28(39-31(32-38-12-15-50-32)40-30(29)26-11-4-21(37)16-27(26)36)19-41-13-14-42-23(17-41)18-43(35(42)47)22-5-9-25(10-6-22)49-24-7-2-20(3-8-24)33(44)45;1-48-34(46)29-28(39-31(32-38-12-15-50-32)40-30(29)26-11-4-21(36)16-27(26)37)19-41-13-14-42-23(17-41)18-43(35(42)47)22-5-9-25(10-6-22)49-24-7-2-20(3-8-24)33(44)45/h2*2-12,15-16,23,30H,13-14,17-19H2,1H3,(H,39,40)(H,44,45)/t2*23-,30-/m00/s1. The van der Waals surface area contributed by atoms with Gasteiger partial charge in [-0.15, -0.1) is 22.7 Å². The van der Waals surface area contributed by atoms with Crippen LogP contribution in [0.25, 0.3) is 0 Å². The van der Waals surface area contributed by atoms with Crippen LogP contribution in [-0.2, 0) is 19.1 Å². The van der Waals surface area contributed by atoms with Crippen molar-refractivity contribution >= 4 is 121 Å². The molecule has 30 heteroatoms. The second-order valence-corrected chi connectivity index (χ2v) is 27.1. The lowest BCUT2D eigenvalue weighted by Gasteiger charge is -2.38. The topological polar surface area (TPSA) is 274 Å². The molecule has 0 unspecified atom stereocenters. The van der Waals surface area contributed by atoms with Gasteiger partial charge in [-0.1, -0.05) is 51.3 Å². The van der Waals surface area contributed by atoms with Crippen LogP contribution in [0.5, 0.6) is 23.0 Å². The van der Waals surface area contributed by atoms with Gasteiger partial charge in [0.25, 0.3) is 0 Å². The Labute approximate surface area is 597 Å². The minimum Gasteiger partial charge on any atom is -0.478 e. The normalized spacial score (nSPS) is 19.2. The van der Waals surface area contributed by atoms with E-state index in [-0.39, 0.29) is 35.3 Å². The van der Waals surface area contributed by atoms with Gasteiger partial charge in [-0.2, -0.15) is 0 Å². The molecular formula is C70H60BrCl2FN12O12S2. The molecule has 0 bridgehead atoms. The predicted molar refractivity (Wildman–Crippen MR) is 377 cm³/mol. The summed E-state index contributed by atoms with van der Waals surface area (Å²) in [5.74, 6) is -0.407. The number of benzene rings is 6. The summed E-state index contributed by atoms with van der Waals surface area (Å²) in [5.41, 5.74) is 4.89. The van der Waals surface area contributed by atoms with E-state index >= 15 is 0 Å². The van der Waals surface area contributed by atoms with Crippen molar-refractivity contribution in [2.45, 2.75) is 24.2 Å². The number of nitrogens with zero attached hydrogens (tertiary/aromatic N) is 10. The van der Waals surface area contributed by atoms with E-state index in [4.69, 9.17) is 62.3 Å². The number of aromatic nitrogens is 2. The SMILES string of the molecule is COC(=O)C1=C(CN2CCN3C(=O)N(c4ccc(Oc5ccc(C(=O)O)cc5)cc4)C[C@@H]3C2)NC(c2nccs2)=N[C@H]1c1ccc(Cl)cc1Cl.COC(=O)C1=C(CN2CCN3C(=O)N(c4ccc(Oc5ccc(C(=O)O)cc5)cc4)C[C@@H]3C2)NC(c2nccs2)=N[C@H]1c1ccc(F)cc1Br. The number of halogens is 4. The molecular weight excluding hydrogens is 1430 g/mol. The Morgan fingerprint density at radius 1 is 0.570 bits per heavy atom. The van der Waals surface area contributed by atoms with Gasteiger partial charge in [-0.3, -0.25) is 29.6 Å². The van der Waals surface area contributed by atoms with Crippen LogP contribution in [0.2, 0.25) is 10.0 Å². The third-order valence-electron chi connectivity index (χ3n) is 17.5. The molecule has 100 heavy (non-hydrogen) atoms. The van der Waals surface area contributed by atoms with Crippen LogP contribution >= 0.6 is 61.8 Å². The lowest BCUT2D eigenvalue weighted by molar-refractivity contribution is -0.137. The molecule has 512 valence electrons. The van der Waals surface area contributed by atoms with Crippen molar-refractivity contribution in [3.05, 3.63) is 232 Å². The number of hydrogen-bond acceptors (Lipinski definition) is 20. The van der Waals surface area contributed by atoms with Gasteiger partial charge in [0.1, 0.15) is 40.9 Å². The molecule has 4 atom stereocenters. The minimum atomic E-state index is -1.01. The molecule has 6 aromatic carbocycles. The van der Waals surface area contributed by atoms with Crippen LogP contribution in [0.4, 0.5) is 25.4 Å². The number of nitrogens with one attached hydrogen (secondary N) is 2. The Morgan fingerprint density at radius 2 is 0.990 bits per heavy atom. The van der Waals surface area contributed by atoms with E-state index < -0.39 is 41.8 Å². The van der Waals surface area contributed by atoms with Gasteiger partial charge in [-0.05, 0) is 127 Å². The van der Waals surface area contributed by atoms with Crippen molar-refractivity contribution in [2.75, 3.05) is 89.5 Å². The summed E-state index contributed by atoms with van der Waals surface area (Å²) >= 11 is 19.1. The van der Waals surface area contributed by atoms with Crippen molar-refractivity contribution in [3.63, 3.8) is 0 Å². The fourth-order valence-corrected chi connectivity index (χ4v) is 14.9. The molecule has 24 nitrogen and oxygen atoms in total. The van der Waals surface area contributed by atoms with Crippen LogP contribution in [-0.4, -0.2) is 179 Å². The van der Waals surface area contributed by atoms with Crippen LogP contribution in [0.1, 0.15) is 53.9 Å². The molecule has 4 saturated heterocycles. The first-order valence-corrected chi connectivity index (χ1v) is 34.5. The number of carbonyl (C=O) groups is 6. The zero-order valence-electron chi connectivity index (χ0n) is 53.2. The molecule has 8 aromatic rings. The van der Waals surface area contributed by atoms with Crippen molar-refractivity contribution in [2.24, 2.45) is 9.98 Å². The number of urea groups is 2. The number of esters is 2. The van der Waals surface area contributed by atoms with Gasteiger partial charge in [-0.25, -0.2) is 43.1 Å². The molecule has 6 aliphatic heterocycles. The average Bonchev–Trinajstić information content (AvgIpc) is 1.50. The molecule has 2 aromatic heterocycles. The first-order valence-electron chi connectivity index (χ1n) is 31.2. The number of piperazine rings is 2. The minimum absolute atomic E-state index is 0.0755. The maximum Gasteiger partial charge on any atom is 0.338 e. The van der Waals surface area contributed by atoms with E-state index in [1.807, 2.05) is 44.8 Å². The number of amides is 4. The monoisotopic (exact) mass is 1490 g/mol. The third-order valence-corrected chi connectivity index (χ3v) is 20.3. The Hall–Kier alpha value is -10.1. The number of ether oxygens (including phenoxy) is 4. The summed E-state index contributed by atoms with van der Waals surface area (Å²) in [6.07, 6.45) is 3.37. The highest BCUT2D eigenvalue weighted by Crippen LogP contribution is 2.41. The zero-order chi connectivity index (χ0) is 69.9. The number of hydrogen-bond donors (Lipinski definition) is 4. The number of fused-ring (bicyclic) bond motifs is 2. The van der Waals surface area contributed by atoms with Gasteiger partial charge >= 0.3 is 35.9 Å². The van der Waals surface area contributed by atoms with Crippen LogP contribution in [0.3, 0.4) is 0 Å². The number of amidine groups is 2. The molecule has 0 spiro atoms. The fourth-order valence-electron chi connectivity index (χ4n) is 12.6. The van der Waals surface area contributed by atoms with Gasteiger partial charge in [0.2, 0.25) is 0 Å². The van der Waals surface area contributed by atoms with E-state index in [0.717, 1.165) is 11.4 Å². The summed E-state index contributed by atoms with van der Waals surface area (Å²) in [4.78, 5) is 106. The number of carbonyl (C=O) groups excluding carboxylic acids is 4. The van der Waals surface area contributed by atoms with E-state index in [1.165, 1.54) is 73.3 Å². The number of aliphatic imine (C=N–C) groups is 2. The molecule has 4 amide bonds. The van der Waals surface area contributed by atoms with E-state index in [0.29, 0.717) is 158 Å². The van der Waals surface area contributed by atoms with Gasteiger partial charge in [0.15, 0.2) is 21.7 Å². The first kappa shape index (κ1) is 68.5. The number of methoxy groups -OCH3 is 2. The summed E-state index contributed by atoms with van der Waals surface area (Å²) in [6.45, 7) is 4.96. The number of anilines is 2. The van der Waals surface area contributed by atoms with Gasteiger partial charge < -0.3 is 49.6 Å². The molecule has 4 N–H and O–H groups in total.